The number of carbonyl (C=O) groups excluding carboxylic acids is 1. The Morgan fingerprint density at radius 3 is 3.00 bits per heavy atom. The number of aromatic nitrogens is 2. The van der Waals surface area contributed by atoms with Crippen molar-refractivity contribution in [2.24, 2.45) is 0 Å². The number of hydrogen-bond acceptors (Lipinski definition) is 4. The monoisotopic (exact) mass is 208 g/mol. The zero-order valence-electron chi connectivity index (χ0n) is 9.16. The minimum Gasteiger partial charge on any atom is -0.308 e. The zero-order chi connectivity index (χ0) is 10.8. The van der Waals surface area contributed by atoms with E-state index in [1.165, 1.54) is 0 Å². The van der Waals surface area contributed by atoms with E-state index in [0.29, 0.717) is 13.1 Å². The number of nitrogens with zero attached hydrogens (tertiary/aromatic N) is 3. The van der Waals surface area contributed by atoms with E-state index < -0.39 is 0 Å². The molecule has 1 aromatic rings. The Balaban J connectivity index is 2.11. The van der Waals surface area contributed by atoms with Crippen LogP contribution in [-0.2, 0) is 13.1 Å². The van der Waals surface area contributed by atoms with Gasteiger partial charge in [-0.25, -0.2) is 0 Å². The number of likely N-dealkylation sites (N-methyl/N-ethyl adjacent to an activating group) is 1. The zero-order valence-corrected chi connectivity index (χ0v) is 9.16. The van der Waals surface area contributed by atoms with E-state index in [1.807, 2.05) is 25.0 Å². The summed E-state index contributed by atoms with van der Waals surface area (Å²) in [7, 11) is 4.05. The highest BCUT2D eigenvalue weighted by atomic mass is 16.1. The molecule has 0 aromatic carbocycles. The highest BCUT2D eigenvalue weighted by Gasteiger charge is 2.20. The van der Waals surface area contributed by atoms with Crippen LogP contribution in [0.3, 0.4) is 0 Å². The van der Waals surface area contributed by atoms with Gasteiger partial charge in [0, 0.05) is 19.3 Å². The van der Waals surface area contributed by atoms with Crippen LogP contribution >= 0.6 is 0 Å². The van der Waals surface area contributed by atoms with Crippen molar-refractivity contribution < 1.29 is 4.79 Å². The fourth-order valence-corrected chi connectivity index (χ4v) is 1.63. The van der Waals surface area contributed by atoms with Crippen LogP contribution in [0.25, 0.3) is 0 Å². The van der Waals surface area contributed by atoms with Gasteiger partial charge in [-0.1, -0.05) is 0 Å². The first kappa shape index (κ1) is 10.3. The fourth-order valence-electron chi connectivity index (χ4n) is 1.63. The highest BCUT2D eigenvalue weighted by Crippen LogP contribution is 2.11. The summed E-state index contributed by atoms with van der Waals surface area (Å²) < 4.78 is 1.86. The number of fused-ring (bicyclic) bond motifs is 1. The predicted octanol–water partition coefficient (Wildman–Crippen LogP) is -0.269. The van der Waals surface area contributed by atoms with Crippen LogP contribution in [0.2, 0.25) is 0 Å². The average molecular weight is 208 g/mol. The van der Waals surface area contributed by atoms with Gasteiger partial charge in [0.15, 0.2) is 5.78 Å². The van der Waals surface area contributed by atoms with E-state index in [1.54, 1.807) is 0 Å². The average Bonchev–Trinajstić information content (AvgIpc) is 2.59. The van der Waals surface area contributed by atoms with Crippen molar-refractivity contribution in [3.63, 3.8) is 0 Å². The second-order valence-corrected chi connectivity index (χ2v) is 4.08. The minimum atomic E-state index is 0.146. The van der Waals surface area contributed by atoms with Gasteiger partial charge in [-0.15, -0.1) is 0 Å². The van der Waals surface area contributed by atoms with Crippen molar-refractivity contribution in [3.05, 3.63) is 17.5 Å². The maximum atomic E-state index is 11.5. The molecule has 1 N–H and O–H groups in total. The Morgan fingerprint density at radius 2 is 2.33 bits per heavy atom. The maximum Gasteiger partial charge on any atom is 0.180 e. The molecule has 1 aromatic heterocycles. The molecule has 2 rings (SSSR count). The standard InChI is InChI=1S/C10H16N4O/c1-13(2)3-4-14-7-8-9(12-14)5-11-6-10(8)15/h7,11H,3-6H2,1-2H3. The smallest absolute Gasteiger partial charge is 0.180 e. The molecule has 0 spiro atoms. The molecule has 0 atom stereocenters. The first-order valence-electron chi connectivity index (χ1n) is 5.12. The second-order valence-electron chi connectivity index (χ2n) is 4.08. The van der Waals surface area contributed by atoms with Gasteiger partial charge in [-0.05, 0) is 14.1 Å². The van der Waals surface area contributed by atoms with Crippen molar-refractivity contribution in [2.75, 3.05) is 27.2 Å². The van der Waals surface area contributed by atoms with E-state index in [-0.39, 0.29) is 5.78 Å². The molecule has 0 saturated heterocycles. The first-order chi connectivity index (χ1) is 7.16. The lowest BCUT2D eigenvalue weighted by Gasteiger charge is -2.08. The molecular weight excluding hydrogens is 192 g/mol. The summed E-state index contributed by atoms with van der Waals surface area (Å²) in [6.45, 7) is 2.90. The van der Waals surface area contributed by atoms with Gasteiger partial charge in [-0.2, -0.15) is 5.10 Å². The lowest BCUT2D eigenvalue weighted by atomic mass is 10.1. The van der Waals surface area contributed by atoms with Crippen LogP contribution in [-0.4, -0.2) is 47.6 Å². The lowest BCUT2D eigenvalue weighted by molar-refractivity contribution is 0.0982. The molecule has 0 aliphatic carbocycles. The Bertz CT molecular complexity index is 369. The Labute approximate surface area is 89.1 Å². The van der Waals surface area contributed by atoms with Crippen LogP contribution in [0.5, 0.6) is 0 Å². The van der Waals surface area contributed by atoms with Gasteiger partial charge >= 0.3 is 0 Å². The van der Waals surface area contributed by atoms with Crippen LogP contribution in [0.1, 0.15) is 16.1 Å². The molecule has 0 fully saturated rings. The lowest BCUT2D eigenvalue weighted by Crippen LogP contribution is -2.29. The van der Waals surface area contributed by atoms with Gasteiger partial charge in [0.2, 0.25) is 0 Å². The molecule has 0 saturated carbocycles. The molecule has 2 heterocycles. The summed E-state index contributed by atoms with van der Waals surface area (Å²) in [5, 5.41) is 7.41. The molecule has 1 aliphatic rings. The van der Waals surface area contributed by atoms with Crippen LogP contribution < -0.4 is 5.32 Å². The van der Waals surface area contributed by atoms with Gasteiger partial charge in [0.05, 0.1) is 24.3 Å². The largest absolute Gasteiger partial charge is 0.308 e. The third-order valence-corrected chi connectivity index (χ3v) is 2.49. The molecule has 0 unspecified atom stereocenters. The summed E-state index contributed by atoms with van der Waals surface area (Å²) >= 11 is 0. The van der Waals surface area contributed by atoms with Gasteiger partial charge < -0.3 is 10.2 Å². The van der Waals surface area contributed by atoms with E-state index in [9.17, 15) is 4.79 Å². The summed E-state index contributed by atoms with van der Waals surface area (Å²) in [5.41, 5.74) is 1.66. The molecule has 0 amide bonds. The van der Waals surface area contributed by atoms with E-state index in [4.69, 9.17) is 0 Å². The van der Waals surface area contributed by atoms with Crippen molar-refractivity contribution in [1.82, 2.24) is 20.0 Å². The predicted molar refractivity (Wildman–Crippen MR) is 56.8 cm³/mol. The minimum absolute atomic E-state index is 0.146. The molecule has 5 heteroatoms. The van der Waals surface area contributed by atoms with Crippen LogP contribution in [0.4, 0.5) is 0 Å². The molecule has 1 aliphatic heterocycles. The van der Waals surface area contributed by atoms with Crippen molar-refractivity contribution in [3.8, 4) is 0 Å². The summed E-state index contributed by atoms with van der Waals surface area (Å²) in [6, 6.07) is 0. The van der Waals surface area contributed by atoms with E-state index in [0.717, 1.165) is 24.3 Å². The van der Waals surface area contributed by atoms with Crippen LogP contribution in [0.15, 0.2) is 6.20 Å². The Kier molecular flexibility index (Phi) is 2.83. The quantitative estimate of drug-likeness (QED) is 0.743. The third kappa shape index (κ3) is 2.24. The number of carbonyl (C=O) groups is 1. The molecule has 82 valence electrons. The topological polar surface area (TPSA) is 50.2 Å². The summed E-state index contributed by atoms with van der Waals surface area (Å²) in [5.74, 6) is 0.146. The number of rotatable bonds is 3. The van der Waals surface area contributed by atoms with E-state index >= 15 is 0 Å². The fraction of sp³-hybridized carbons (Fsp3) is 0.600. The molecular formula is C10H16N4O. The van der Waals surface area contributed by atoms with Gasteiger partial charge in [0.25, 0.3) is 0 Å². The van der Waals surface area contributed by atoms with E-state index in [2.05, 4.69) is 15.3 Å². The number of Topliss-reactive ketones (excluding diaryl/α,β-unsaturated/α-hetero) is 1. The first-order valence-corrected chi connectivity index (χ1v) is 5.12. The second kappa shape index (κ2) is 4.12. The molecule has 5 nitrogen and oxygen atoms in total. The maximum absolute atomic E-state index is 11.5. The van der Waals surface area contributed by atoms with Crippen molar-refractivity contribution in [2.45, 2.75) is 13.1 Å². The molecule has 15 heavy (non-hydrogen) atoms. The van der Waals surface area contributed by atoms with Crippen LogP contribution in [0, 0.1) is 0 Å². The normalized spacial score (nSPS) is 15.8. The Hall–Kier alpha value is -1.20. The molecule has 0 bridgehead atoms. The number of nitrogens with one attached hydrogen (secondary N) is 1. The number of ketones is 1. The SMILES string of the molecule is CN(C)CCn1cc2c(n1)CNCC2=O. The summed E-state index contributed by atoms with van der Waals surface area (Å²) in [4.78, 5) is 13.6. The van der Waals surface area contributed by atoms with Crippen molar-refractivity contribution in [1.29, 1.82) is 0 Å². The summed E-state index contributed by atoms with van der Waals surface area (Å²) in [6.07, 6.45) is 1.86. The van der Waals surface area contributed by atoms with Gasteiger partial charge in [-0.3, -0.25) is 9.48 Å². The van der Waals surface area contributed by atoms with Gasteiger partial charge in [0.1, 0.15) is 0 Å². The number of hydrogen-bond donors (Lipinski definition) is 1. The van der Waals surface area contributed by atoms with Crippen molar-refractivity contribution >= 4 is 5.78 Å². The Morgan fingerprint density at radius 1 is 1.53 bits per heavy atom. The highest BCUT2D eigenvalue weighted by molar-refractivity contribution is 5.99. The molecule has 0 radical (unpaired) electrons. The third-order valence-electron chi connectivity index (χ3n) is 2.49.